The molecular weight excluding hydrogens is 268 g/mol. The Labute approximate surface area is 122 Å². The van der Waals surface area contributed by atoms with Crippen LogP contribution in [-0.4, -0.2) is 40.4 Å². The highest BCUT2D eigenvalue weighted by Gasteiger charge is 2.46. The molecule has 0 N–H and O–H groups in total. The molecule has 0 aromatic carbocycles. The van der Waals surface area contributed by atoms with Gasteiger partial charge in [-0.05, 0) is 6.07 Å². The number of likely N-dealkylation sites (tertiary alicyclic amines) is 1. The van der Waals surface area contributed by atoms with Crippen LogP contribution in [0, 0.1) is 11.8 Å². The Morgan fingerprint density at radius 2 is 2.10 bits per heavy atom. The van der Waals surface area contributed by atoms with Crippen molar-refractivity contribution >= 4 is 11.6 Å². The van der Waals surface area contributed by atoms with E-state index in [1.807, 2.05) is 11.0 Å². The minimum Gasteiger partial charge on any atom is -0.472 e. The van der Waals surface area contributed by atoms with Crippen LogP contribution in [0.5, 0.6) is 0 Å². The van der Waals surface area contributed by atoms with E-state index in [9.17, 15) is 4.79 Å². The fourth-order valence-corrected chi connectivity index (χ4v) is 3.38. The second-order valence-electron chi connectivity index (χ2n) is 5.74. The summed E-state index contributed by atoms with van der Waals surface area (Å²) in [5.74, 6) is 0.686. The van der Waals surface area contributed by atoms with Crippen molar-refractivity contribution in [2.75, 3.05) is 24.5 Å². The lowest BCUT2D eigenvalue weighted by molar-refractivity contribution is -0.120. The van der Waals surface area contributed by atoms with Gasteiger partial charge < -0.3 is 9.32 Å². The fourth-order valence-electron chi connectivity index (χ4n) is 3.38. The highest BCUT2D eigenvalue weighted by molar-refractivity contribution is 5.97. The van der Waals surface area contributed by atoms with Crippen LogP contribution in [0.1, 0.15) is 5.56 Å². The molecule has 2 atom stereocenters. The van der Waals surface area contributed by atoms with E-state index in [0.717, 1.165) is 37.4 Å². The number of carbonyl (C=O) groups is 1. The standard InChI is InChI=1S/C15H16N4O2/c20-15-14-8-18(5-11-1-2-21-9-11)6-12(14)7-19(15)13-3-16-10-17-4-13/h1-4,9-10,12,14H,5-8H2/t12-,14-/m1/s1. The SMILES string of the molecule is O=C1[C@@H]2CN(Cc3ccoc3)C[C@@H]2CN1c1cncnc1. The van der Waals surface area contributed by atoms with E-state index >= 15 is 0 Å². The largest absolute Gasteiger partial charge is 0.472 e. The quantitative estimate of drug-likeness (QED) is 0.846. The molecule has 4 heterocycles. The van der Waals surface area contributed by atoms with Crippen molar-refractivity contribution in [3.8, 4) is 0 Å². The van der Waals surface area contributed by atoms with Gasteiger partial charge in [0.2, 0.25) is 5.91 Å². The molecule has 2 fully saturated rings. The van der Waals surface area contributed by atoms with E-state index in [1.54, 1.807) is 24.9 Å². The average Bonchev–Trinajstić information content (AvgIpc) is 3.20. The van der Waals surface area contributed by atoms with E-state index in [2.05, 4.69) is 14.9 Å². The second-order valence-corrected chi connectivity index (χ2v) is 5.74. The molecule has 0 radical (unpaired) electrons. The smallest absolute Gasteiger partial charge is 0.231 e. The number of carbonyl (C=O) groups excluding carboxylic acids is 1. The van der Waals surface area contributed by atoms with E-state index in [-0.39, 0.29) is 11.8 Å². The highest BCUT2D eigenvalue weighted by atomic mass is 16.3. The first-order chi connectivity index (χ1) is 10.3. The average molecular weight is 284 g/mol. The lowest BCUT2D eigenvalue weighted by Crippen LogP contribution is -2.32. The number of hydrogen-bond acceptors (Lipinski definition) is 5. The molecule has 6 nitrogen and oxygen atoms in total. The molecule has 2 aromatic rings. The van der Waals surface area contributed by atoms with Crippen molar-refractivity contribution in [3.63, 3.8) is 0 Å². The maximum Gasteiger partial charge on any atom is 0.231 e. The maximum atomic E-state index is 12.6. The molecule has 2 aliphatic rings. The Kier molecular flexibility index (Phi) is 2.96. The van der Waals surface area contributed by atoms with E-state index in [4.69, 9.17) is 4.42 Å². The Morgan fingerprint density at radius 3 is 2.81 bits per heavy atom. The minimum atomic E-state index is 0.0945. The molecule has 0 saturated carbocycles. The van der Waals surface area contributed by atoms with Crippen molar-refractivity contribution in [1.29, 1.82) is 0 Å². The number of hydrogen-bond donors (Lipinski definition) is 0. The second kappa shape index (κ2) is 4.96. The van der Waals surface area contributed by atoms with Crippen LogP contribution in [0.15, 0.2) is 41.7 Å². The van der Waals surface area contributed by atoms with Gasteiger partial charge in [0.05, 0.1) is 36.5 Å². The molecular formula is C15H16N4O2. The predicted octanol–water partition coefficient (Wildman–Crippen LogP) is 1.16. The van der Waals surface area contributed by atoms with Crippen LogP contribution in [0.25, 0.3) is 0 Å². The zero-order valence-corrected chi connectivity index (χ0v) is 11.6. The topological polar surface area (TPSA) is 62.5 Å². The Morgan fingerprint density at radius 1 is 1.24 bits per heavy atom. The fraction of sp³-hybridized carbons (Fsp3) is 0.400. The van der Waals surface area contributed by atoms with Gasteiger partial charge in [-0.25, -0.2) is 9.97 Å². The monoisotopic (exact) mass is 284 g/mol. The highest BCUT2D eigenvalue weighted by Crippen LogP contribution is 2.35. The van der Waals surface area contributed by atoms with Gasteiger partial charge in [-0.3, -0.25) is 9.69 Å². The van der Waals surface area contributed by atoms with Crippen LogP contribution in [0.3, 0.4) is 0 Å². The number of anilines is 1. The van der Waals surface area contributed by atoms with Crippen LogP contribution >= 0.6 is 0 Å². The van der Waals surface area contributed by atoms with Gasteiger partial charge in [-0.2, -0.15) is 0 Å². The zero-order chi connectivity index (χ0) is 14.2. The Bertz CT molecular complexity index is 628. The molecule has 0 unspecified atom stereocenters. The van der Waals surface area contributed by atoms with Crippen molar-refractivity contribution in [2.24, 2.45) is 11.8 Å². The number of amides is 1. The summed E-state index contributed by atoms with van der Waals surface area (Å²) in [4.78, 5) is 24.7. The van der Waals surface area contributed by atoms with Gasteiger partial charge in [0.15, 0.2) is 0 Å². The molecule has 0 aliphatic carbocycles. The van der Waals surface area contributed by atoms with Gasteiger partial charge in [-0.1, -0.05) is 0 Å². The van der Waals surface area contributed by atoms with Crippen molar-refractivity contribution in [2.45, 2.75) is 6.54 Å². The lowest BCUT2D eigenvalue weighted by atomic mass is 10.0. The third-order valence-corrected chi connectivity index (χ3v) is 4.36. The summed E-state index contributed by atoms with van der Waals surface area (Å²) in [6.07, 6.45) is 8.35. The summed E-state index contributed by atoms with van der Waals surface area (Å²) < 4.78 is 5.10. The van der Waals surface area contributed by atoms with Crippen molar-refractivity contribution < 1.29 is 9.21 Å². The number of nitrogens with zero attached hydrogens (tertiary/aromatic N) is 4. The first-order valence-corrected chi connectivity index (χ1v) is 7.11. The van der Waals surface area contributed by atoms with Crippen molar-refractivity contribution in [1.82, 2.24) is 14.9 Å². The summed E-state index contributed by atoms with van der Waals surface area (Å²) in [5.41, 5.74) is 1.97. The lowest BCUT2D eigenvalue weighted by Gasteiger charge is -2.20. The number of furan rings is 1. The molecule has 6 heteroatoms. The third-order valence-electron chi connectivity index (χ3n) is 4.36. The van der Waals surface area contributed by atoms with E-state index in [0.29, 0.717) is 5.92 Å². The van der Waals surface area contributed by atoms with Gasteiger partial charge in [-0.15, -0.1) is 0 Å². The van der Waals surface area contributed by atoms with Crippen LogP contribution in [0.2, 0.25) is 0 Å². The normalized spacial score (nSPS) is 25.5. The van der Waals surface area contributed by atoms with Gasteiger partial charge in [0, 0.05) is 37.7 Å². The molecule has 4 rings (SSSR count). The van der Waals surface area contributed by atoms with Crippen molar-refractivity contribution in [3.05, 3.63) is 42.9 Å². The van der Waals surface area contributed by atoms with Crippen LogP contribution < -0.4 is 4.90 Å². The summed E-state index contributed by atoms with van der Waals surface area (Å²) >= 11 is 0. The maximum absolute atomic E-state index is 12.6. The molecule has 2 saturated heterocycles. The summed E-state index contributed by atoms with van der Waals surface area (Å²) in [5, 5.41) is 0. The zero-order valence-electron chi connectivity index (χ0n) is 11.6. The number of aromatic nitrogens is 2. The first-order valence-electron chi connectivity index (χ1n) is 7.11. The van der Waals surface area contributed by atoms with E-state index < -0.39 is 0 Å². The summed E-state index contributed by atoms with van der Waals surface area (Å²) in [6, 6.07) is 1.98. The Hall–Kier alpha value is -2.21. The minimum absolute atomic E-state index is 0.0945. The summed E-state index contributed by atoms with van der Waals surface area (Å²) in [6.45, 7) is 3.38. The molecule has 0 bridgehead atoms. The van der Waals surface area contributed by atoms with Gasteiger partial charge in [0.25, 0.3) is 0 Å². The predicted molar refractivity (Wildman–Crippen MR) is 75.4 cm³/mol. The molecule has 108 valence electrons. The molecule has 1 amide bonds. The summed E-state index contributed by atoms with van der Waals surface area (Å²) in [7, 11) is 0. The number of rotatable bonds is 3. The first kappa shape index (κ1) is 12.5. The molecule has 21 heavy (non-hydrogen) atoms. The van der Waals surface area contributed by atoms with Crippen LogP contribution in [-0.2, 0) is 11.3 Å². The van der Waals surface area contributed by atoms with Gasteiger partial charge >= 0.3 is 0 Å². The number of fused-ring (bicyclic) bond motifs is 1. The Balaban J connectivity index is 1.45. The van der Waals surface area contributed by atoms with Crippen LogP contribution in [0.4, 0.5) is 5.69 Å². The van der Waals surface area contributed by atoms with Gasteiger partial charge in [0.1, 0.15) is 6.33 Å². The molecule has 2 aromatic heterocycles. The third kappa shape index (κ3) is 2.21. The van der Waals surface area contributed by atoms with E-state index in [1.165, 1.54) is 6.33 Å². The molecule has 0 spiro atoms. The molecule has 2 aliphatic heterocycles.